The zero-order chi connectivity index (χ0) is 13.1. The Bertz CT molecular complexity index is 573. The summed E-state index contributed by atoms with van der Waals surface area (Å²) in [6.45, 7) is 4.11. The molecule has 2 aromatic carbocycles. The van der Waals surface area contributed by atoms with Gasteiger partial charge in [-0.2, -0.15) is 0 Å². The van der Waals surface area contributed by atoms with Crippen molar-refractivity contribution in [3.63, 3.8) is 0 Å². The fourth-order valence-corrected chi connectivity index (χ4v) is 2.33. The van der Waals surface area contributed by atoms with Crippen LogP contribution < -0.4 is 5.32 Å². The fraction of sp³-hybridized carbons (Fsp3) is 0.133. The van der Waals surface area contributed by atoms with Crippen molar-refractivity contribution in [3.05, 3.63) is 57.6 Å². The summed E-state index contributed by atoms with van der Waals surface area (Å²) in [7, 11) is 0. The van der Waals surface area contributed by atoms with Gasteiger partial charge in [0.2, 0.25) is 0 Å². The number of carbonyl (C=O) groups is 1. The van der Waals surface area contributed by atoms with E-state index in [1.807, 2.05) is 12.1 Å². The van der Waals surface area contributed by atoms with E-state index in [0.717, 1.165) is 22.1 Å². The number of hydrogen-bond acceptors (Lipinski definition) is 2. The van der Waals surface area contributed by atoms with Crippen molar-refractivity contribution in [2.45, 2.75) is 13.8 Å². The maximum Gasteiger partial charge on any atom is 0.152 e. The molecule has 0 bridgehead atoms. The number of aldehydes is 1. The van der Waals surface area contributed by atoms with Crippen LogP contribution in [0.3, 0.4) is 0 Å². The molecule has 2 rings (SSSR count). The molecular weight excluding hydrogens is 290 g/mol. The van der Waals surface area contributed by atoms with Crippen LogP contribution in [0.5, 0.6) is 0 Å². The first-order chi connectivity index (χ1) is 8.58. The molecule has 0 fully saturated rings. The lowest BCUT2D eigenvalue weighted by Crippen LogP contribution is -1.96. The summed E-state index contributed by atoms with van der Waals surface area (Å²) in [4.78, 5) is 11.0. The molecule has 0 saturated heterocycles. The highest BCUT2D eigenvalue weighted by Crippen LogP contribution is 2.24. The van der Waals surface area contributed by atoms with E-state index in [1.54, 1.807) is 6.07 Å². The van der Waals surface area contributed by atoms with E-state index in [9.17, 15) is 4.79 Å². The first kappa shape index (κ1) is 12.8. The molecule has 0 amide bonds. The molecule has 0 aliphatic heterocycles. The lowest BCUT2D eigenvalue weighted by molar-refractivity contribution is 0.112. The zero-order valence-corrected chi connectivity index (χ0v) is 11.9. The summed E-state index contributed by atoms with van der Waals surface area (Å²) in [5.74, 6) is 0. The van der Waals surface area contributed by atoms with E-state index >= 15 is 0 Å². The number of anilines is 2. The van der Waals surface area contributed by atoms with Gasteiger partial charge in [0, 0.05) is 21.4 Å². The minimum atomic E-state index is 0.642. The molecule has 2 nitrogen and oxygen atoms in total. The van der Waals surface area contributed by atoms with Crippen LogP contribution in [0.25, 0.3) is 0 Å². The molecule has 2 aromatic rings. The van der Waals surface area contributed by atoms with Crippen molar-refractivity contribution in [1.29, 1.82) is 0 Å². The minimum absolute atomic E-state index is 0.642. The molecular formula is C15H14BrNO. The van der Waals surface area contributed by atoms with Crippen molar-refractivity contribution < 1.29 is 4.79 Å². The highest BCUT2D eigenvalue weighted by Gasteiger charge is 2.03. The smallest absolute Gasteiger partial charge is 0.152 e. The minimum Gasteiger partial charge on any atom is -0.355 e. The van der Waals surface area contributed by atoms with Gasteiger partial charge in [-0.1, -0.05) is 22.0 Å². The maximum atomic E-state index is 11.0. The normalized spacial score (nSPS) is 10.2. The van der Waals surface area contributed by atoms with Gasteiger partial charge >= 0.3 is 0 Å². The summed E-state index contributed by atoms with van der Waals surface area (Å²) in [6.07, 6.45) is 0.857. The Kier molecular flexibility index (Phi) is 3.82. The lowest BCUT2D eigenvalue weighted by atomic mass is 10.1. The number of aryl methyl sites for hydroxylation is 2. The molecule has 0 aromatic heterocycles. The average molecular weight is 304 g/mol. The van der Waals surface area contributed by atoms with Crippen molar-refractivity contribution in [1.82, 2.24) is 0 Å². The van der Waals surface area contributed by atoms with Gasteiger partial charge in [-0.15, -0.1) is 0 Å². The Morgan fingerprint density at radius 2 is 1.72 bits per heavy atom. The van der Waals surface area contributed by atoms with Gasteiger partial charge in [-0.3, -0.25) is 4.79 Å². The number of nitrogens with one attached hydrogen (secondary N) is 1. The van der Waals surface area contributed by atoms with Crippen molar-refractivity contribution in [3.8, 4) is 0 Å². The predicted molar refractivity (Wildman–Crippen MR) is 78.7 cm³/mol. The van der Waals surface area contributed by atoms with Crippen LogP contribution in [-0.2, 0) is 0 Å². The van der Waals surface area contributed by atoms with E-state index in [0.29, 0.717) is 5.56 Å². The third-order valence-electron chi connectivity index (χ3n) is 2.64. The maximum absolute atomic E-state index is 11.0. The third kappa shape index (κ3) is 2.99. The Morgan fingerprint density at radius 3 is 2.33 bits per heavy atom. The molecule has 0 unspecified atom stereocenters. The van der Waals surface area contributed by atoms with Crippen LogP contribution in [0, 0.1) is 13.8 Å². The molecule has 3 heteroatoms. The number of hydrogen-bond donors (Lipinski definition) is 1. The first-order valence-electron chi connectivity index (χ1n) is 5.68. The van der Waals surface area contributed by atoms with Crippen LogP contribution in [0.15, 0.2) is 40.9 Å². The van der Waals surface area contributed by atoms with Crippen LogP contribution in [0.2, 0.25) is 0 Å². The summed E-state index contributed by atoms with van der Waals surface area (Å²) in [6, 6.07) is 11.8. The molecule has 0 atom stereocenters. The molecule has 0 radical (unpaired) electrons. The highest BCUT2D eigenvalue weighted by molar-refractivity contribution is 9.10. The molecule has 18 heavy (non-hydrogen) atoms. The van der Waals surface area contributed by atoms with E-state index in [4.69, 9.17) is 0 Å². The van der Waals surface area contributed by atoms with E-state index in [-0.39, 0.29) is 0 Å². The van der Waals surface area contributed by atoms with Gasteiger partial charge in [0.05, 0.1) is 0 Å². The Balaban J connectivity index is 2.36. The standard InChI is InChI=1S/C15H14BrNO/c1-10-5-11(2)7-14(6-10)17-15-4-3-13(16)8-12(15)9-18/h3-9,17H,1-2H3. The SMILES string of the molecule is Cc1cc(C)cc(Nc2ccc(Br)cc2C=O)c1. The highest BCUT2D eigenvalue weighted by atomic mass is 79.9. The predicted octanol–water partition coefficient (Wildman–Crippen LogP) is 4.62. The van der Waals surface area contributed by atoms with Crippen LogP contribution in [-0.4, -0.2) is 6.29 Å². The summed E-state index contributed by atoms with van der Waals surface area (Å²) >= 11 is 3.36. The third-order valence-corrected chi connectivity index (χ3v) is 3.13. The number of benzene rings is 2. The number of halogens is 1. The van der Waals surface area contributed by atoms with Gasteiger partial charge in [-0.25, -0.2) is 0 Å². The Labute approximate surface area is 115 Å². The lowest BCUT2D eigenvalue weighted by Gasteiger charge is -2.11. The monoisotopic (exact) mass is 303 g/mol. The Hall–Kier alpha value is -1.61. The molecule has 0 spiro atoms. The molecule has 0 aliphatic carbocycles. The van der Waals surface area contributed by atoms with E-state index in [2.05, 4.69) is 53.3 Å². The summed E-state index contributed by atoms with van der Waals surface area (Å²) in [5.41, 5.74) is 4.85. The topological polar surface area (TPSA) is 29.1 Å². The second-order valence-electron chi connectivity index (χ2n) is 4.35. The van der Waals surface area contributed by atoms with Crippen LogP contribution in [0.1, 0.15) is 21.5 Å². The quantitative estimate of drug-likeness (QED) is 0.838. The van der Waals surface area contributed by atoms with Gasteiger partial charge in [-0.05, 0) is 55.3 Å². The second kappa shape index (κ2) is 5.36. The number of rotatable bonds is 3. The van der Waals surface area contributed by atoms with E-state index in [1.165, 1.54) is 11.1 Å². The average Bonchev–Trinajstić information content (AvgIpc) is 2.30. The number of carbonyl (C=O) groups excluding carboxylic acids is 1. The van der Waals surface area contributed by atoms with Gasteiger partial charge in [0.15, 0.2) is 6.29 Å². The molecule has 0 saturated carbocycles. The molecule has 92 valence electrons. The van der Waals surface area contributed by atoms with Crippen molar-refractivity contribution in [2.75, 3.05) is 5.32 Å². The summed E-state index contributed by atoms with van der Waals surface area (Å²) in [5, 5.41) is 3.28. The van der Waals surface area contributed by atoms with Crippen molar-refractivity contribution >= 4 is 33.6 Å². The largest absolute Gasteiger partial charge is 0.355 e. The first-order valence-corrected chi connectivity index (χ1v) is 6.48. The zero-order valence-electron chi connectivity index (χ0n) is 10.3. The van der Waals surface area contributed by atoms with Gasteiger partial charge in [0.25, 0.3) is 0 Å². The fourth-order valence-electron chi connectivity index (χ4n) is 1.95. The van der Waals surface area contributed by atoms with Gasteiger partial charge in [0.1, 0.15) is 0 Å². The molecule has 0 heterocycles. The van der Waals surface area contributed by atoms with Crippen molar-refractivity contribution in [2.24, 2.45) is 0 Å². The van der Waals surface area contributed by atoms with Crippen LogP contribution in [0.4, 0.5) is 11.4 Å². The molecule has 0 aliphatic rings. The Morgan fingerprint density at radius 1 is 1.06 bits per heavy atom. The summed E-state index contributed by atoms with van der Waals surface area (Å²) < 4.78 is 0.899. The van der Waals surface area contributed by atoms with Crippen LogP contribution >= 0.6 is 15.9 Å². The van der Waals surface area contributed by atoms with E-state index < -0.39 is 0 Å². The van der Waals surface area contributed by atoms with Gasteiger partial charge < -0.3 is 5.32 Å². The molecule has 1 N–H and O–H groups in total. The second-order valence-corrected chi connectivity index (χ2v) is 5.27.